The number of allylic oxidation sites excluding steroid dienone is 14. The predicted molar refractivity (Wildman–Crippen MR) is 316 cm³/mol. The SMILES string of the molecule is CC/C=C\C/C=C\C/C=C\C/C=C\C/C=C\CCCCCCCCCCCCCCCCCCCC(=O)OCC(COC(=O)CCCCCCCC)OC(=O)CCCCCCC/C=C\C/C=C\CCCCCC. The van der Waals surface area contributed by atoms with Gasteiger partial charge in [-0.15, -0.1) is 0 Å². The minimum Gasteiger partial charge on any atom is -0.462 e. The molecule has 0 amide bonds. The summed E-state index contributed by atoms with van der Waals surface area (Å²) in [5.74, 6) is -0.893. The number of hydrogen-bond acceptors (Lipinski definition) is 6. The average Bonchev–Trinajstić information content (AvgIpc) is 3.39. The number of hydrogen-bond donors (Lipinski definition) is 0. The maximum Gasteiger partial charge on any atom is 0.306 e. The number of esters is 3. The second kappa shape index (κ2) is 61.1. The van der Waals surface area contributed by atoms with Crippen LogP contribution in [0.2, 0.25) is 0 Å². The Balaban J connectivity index is 4.00. The fourth-order valence-corrected chi connectivity index (χ4v) is 8.74. The largest absolute Gasteiger partial charge is 0.462 e. The summed E-state index contributed by atoms with van der Waals surface area (Å²) < 4.78 is 16.8. The van der Waals surface area contributed by atoms with Crippen molar-refractivity contribution in [1.82, 2.24) is 0 Å². The van der Waals surface area contributed by atoms with E-state index in [1.165, 1.54) is 148 Å². The van der Waals surface area contributed by atoms with Gasteiger partial charge in [-0.2, -0.15) is 0 Å². The molecular weight excluding hydrogens is 901 g/mol. The van der Waals surface area contributed by atoms with Gasteiger partial charge in [0.2, 0.25) is 0 Å². The monoisotopic (exact) mass is 1020 g/mol. The lowest BCUT2D eigenvalue weighted by Crippen LogP contribution is -2.30. The van der Waals surface area contributed by atoms with Crippen LogP contribution in [0, 0.1) is 0 Å². The van der Waals surface area contributed by atoms with Crippen LogP contribution in [0.25, 0.3) is 0 Å². The van der Waals surface area contributed by atoms with Gasteiger partial charge in [0.15, 0.2) is 6.10 Å². The van der Waals surface area contributed by atoms with Crippen LogP contribution < -0.4 is 0 Å². The summed E-state index contributed by atoms with van der Waals surface area (Å²) in [4.78, 5) is 37.9. The van der Waals surface area contributed by atoms with E-state index in [1.54, 1.807) is 0 Å². The van der Waals surface area contributed by atoms with Crippen LogP contribution in [-0.4, -0.2) is 37.2 Å². The molecule has 0 fully saturated rings. The van der Waals surface area contributed by atoms with Gasteiger partial charge in [0.25, 0.3) is 0 Å². The summed E-state index contributed by atoms with van der Waals surface area (Å²) >= 11 is 0. The summed E-state index contributed by atoms with van der Waals surface area (Å²) in [6, 6.07) is 0. The van der Waals surface area contributed by atoms with E-state index in [4.69, 9.17) is 14.2 Å². The summed E-state index contributed by atoms with van der Waals surface area (Å²) in [5.41, 5.74) is 0. The predicted octanol–water partition coefficient (Wildman–Crippen LogP) is 21.1. The maximum absolute atomic E-state index is 12.8. The van der Waals surface area contributed by atoms with E-state index in [1.807, 2.05) is 0 Å². The highest BCUT2D eigenvalue weighted by Gasteiger charge is 2.19. The van der Waals surface area contributed by atoms with Crippen LogP contribution in [0.15, 0.2) is 85.1 Å². The molecule has 0 radical (unpaired) electrons. The van der Waals surface area contributed by atoms with Crippen LogP contribution in [0.5, 0.6) is 0 Å². The van der Waals surface area contributed by atoms with Gasteiger partial charge in [0.05, 0.1) is 0 Å². The van der Waals surface area contributed by atoms with Crippen molar-refractivity contribution in [3.63, 3.8) is 0 Å². The van der Waals surface area contributed by atoms with E-state index in [-0.39, 0.29) is 31.1 Å². The first-order chi connectivity index (χ1) is 36.0. The quantitative estimate of drug-likeness (QED) is 0.0261. The van der Waals surface area contributed by atoms with Gasteiger partial charge in [-0.3, -0.25) is 14.4 Å². The third kappa shape index (κ3) is 59.3. The molecule has 0 aromatic carbocycles. The van der Waals surface area contributed by atoms with Crippen molar-refractivity contribution in [2.75, 3.05) is 13.2 Å². The Bertz CT molecular complexity index is 1400. The molecule has 0 aromatic heterocycles. The molecule has 6 nitrogen and oxygen atoms in total. The van der Waals surface area contributed by atoms with E-state index in [2.05, 4.69) is 106 Å². The Morgan fingerprint density at radius 2 is 0.534 bits per heavy atom. The van der Waals surface area contributed by atoms with Crippen LogP contribution >= 0.6 is 0 Å². The molecule has 6 heteroatoms. The Hall–Kier alpha value is -3.41. The summed E-state index contributed by atoms with van der Waals surface area (Å²) in [7, 11) is 0. The van der Waals surface area contributed by atoms with E-state index in [0.29, 0.717) is 19.3 Å². The summed E-state index contributed by atoms with van der Waals surface area (Å²) in [5, 5.41) is 0. The number of unbranched alkanes of at least 4 members (excludes halogenated alkanes) is 31. The molecule has 0 saturated carbocycles. The lowest BCUT2D eigenvalue weighted by atomic mass is 10.0. The minimum absolute atomic E-state index is 0.0788. The highest BCUT2D eigenvalue weighted by molar-refractivity contribution is 5.71. The zero-order valence-electron chi connectivity index (χ0n) is 48.1. The molecule has 73 heavy (non-hydrogen) atoms. The molecule has 0 spiro atoms. The van der Waals surface area contributed by atoms with Crippen molar-refractivity contribution in [3.8, 4) is 0 Å². The number of carbonyl (C=O) groups excluding carboxylic acids is 3. The van der Waals surface area contributed by atoms with Gasteiger partial charge in [-0.25, -0.2) is 0 Å². The van der Waals surface area contributed by atoms with Crippen molar-refractivity contribution in [2.45, 2.75) is 309 Å². The molecule has 0 aliphatic carbocycles. The fourth-order valence-electron chi connectivity index (χ4n) is 8.74. The molecule has 0 saturated heterocycles. The van der Waals surface area contributed by atoms with Crippen molar-refractivity contribution in [3.05, 3.63) is 85.1 Å². The van der Waals surface area contributed by atoms with Crippen molar-refractivity contribution >= 4 is 17.9 Å². The van der Waals surface area contributed by atoms with E-state index in [0.717, 1.165) is 116 Å². The van der Waals surface area contributed by atoms with E-state index >= 15 is 0 Å². The third-order valence-corrected chi connectivity index (χ3v) is 13.4. The highest BCUT2D eigenvalue weighted by Crippen LogP contribution is 2.16. The van der Waals surface area contributed by atoms with Crippen molar-refractivity contribution in [1.29, 1.82) is 0 Å². The standard InChI is InChI=1S/C67H116O6/c1-4-7-10-13-16-18-20-22-24-26-27-28-29-30-31-32-33-34-35-36-37-38-39-40-41-42-44-45-47-49-51-54-57-60-66(69)72-63-64(62-71-65(68)59-56-53-15-12-9-6-3)73-67(70)61-58-55-52-50-48-46-43-25-23-21-19-17-14-11-8-5-2/h7,10,16,18-19,21-22,24-25,27-28,30-31,43,64H,4-6,8-9,11-15,17,20,23,26,29,32-42,44-63H2,1-3H3/b10-7-,18-16-,21-19-,24-22-,28-27-,31-30-,43-25-. The molecule has 0 rings (SSSR count). The van der Waals surface area contributed by atoms with Gasteiger partial charge in [0.1, 0.15) is 13.2 Å². The highest BCUT2D eigenvalue weighted by atomic mass is 16.6. The van der Waals surface area contributed by atoms with Crippen molar-refractivity contribution < 1.29 is 28.6 Å². The fraction of sp³-hybridized carbons (Fsp3) is 0.746. The Morgan fingerprint density at radius 1 is 0.288 bits per heavy atom. The normalized spacial score (nSPS) is 12.6. The van der Waals surface area contributed by atoms with Gasteiger partial charge >= 0.3 is 17.9 Å². The number of carbonyl (C=O) groups is 3. The van der Waals surface area contributed by atoms with Crippen LogP contribution in [0.3, 0.4) is 0 Å². The third-order valence-electron chi connectivity index (χ3n) is 13.4. The molecule has 0 aromatic rings. The topological polar surface area (TPSA) is 78.9 Å². The van der Waals surface area contributed by atoms with Gasteiger partial charge < -0.3 is 14.2 Å². The van der Waals surface area contributed by atoms with E-state index in [9.17, 15) is 14.4 Å². The maximum atomic E-state index is 12.8. The first-order valence-corrected chi connectivity index (χ1v) is 31.1. The zero-order valence-corrected chi connectivity index (χ0v) is 48.1. The van der Waals surface area contributed by atoms with Crippen LogP contribution in [0.4, 0.5) is 0 Å². The molecule has 0 aliphatic rings. The number of rotatable bonds is 56. The molecule has 0 N–H and O–H groups in total. The van der Waals surface area contributed by atoms with E-state index < -0.39 is 6.10 Å². The molecule has 1 atom stereocenters. The average molecular weight is 1020 g/mol. The van der Waals surface area contributed by atoms with Crippen molar-refractivity contribution in [2.24, 2.45) is 0 Å². The van der Waals surface area contributed by atoms with Gasteiger partial charge in [-0.1, -0.05) is 273 Å². The molecule has 0 bridgehead atoms. The Kier molecular flexibility index (Phi) is 58.3. The molecular formula is C67H116O6. The van der Waals surface area contributed by atoms with Crippen LogP contribution in [0.1, 0.15) is 303 Å². The summed E-state index contributed by atoms with van der Waals surface area (Å²) in [6.07, 6.45) is 80.6. The lowest BCUT2D eigenvalue weighted by molar-refractivity contribution is -0.167. The van der Waals surface area contributed by atoms with Crippen LogP contribution in [-0.2, 0) is 28.6 Å². The van der Waals surface area contributed by atoms with Gasteiger partial charge in [-0.05, 0) is 96.3 Å². The number of ether oxygens (including phenoxy) is 3. The second-order valence-electron chi connectivity index (χ2n) is 20.6. The lowest BCUT2D eigenvalue weighted by Gasteiger charge is -2.18. The zero-order chi connectivity index (χ0) is 52.9. The summed E-state index contributed by atoms with van der Waals surface area (Å²) in [6.45, 7) is 6.46. The Labute approximate surface area is 452 Å². The second-order valence-corrected chi connectivity index (χ2v) is 20.6. The molecule has 420 valence electrons. The first kappa shape index (κ1) is 69.6. The smallest absolute Gasteiger partial charge is 0.306 e. The molecule has 1 unspecified atom stereocenters. The van der Waals surface area contributed by atoms with Gasteiger partial charge in [0, 0.05) is 19.3 Å². The molecule has 0 heterocycles. The molecule has 0 aliphatic heterocycles. The minimum atomic E-state index is -0.778. The first-order valence-electron chi connectivity index (χ1n) is 31.1. The Morgan fingerprint density at radius 3 is 0.849 bits per heavy atom.